The minimum absolute atomic E-state index is 0.521. The first-order chi connectivity index (χ1) is 8.65. The highest BCUT2D eigenvalue weighted by Crippen LogP contribution is 2.29. The number of benzene rings is 1. The number of nitrogens with zero attached hydrogens (tertiary/aromatic N) is 4. The van der Waals surface area contributed by atoms with Gasteiger partial charge in [0.1, 0.15) is 6.33 Å². The van der Waals surface area contributed by atoms with Crippen LogP contribution in [0.3, 0.4) is 0 Å². The van der Waals surface area contributed by atoms with Crippen LogP contribution >= 0.6 is 23.2 Å². The van der Waals surface area contributed by atoms with Gasteiger partial charge in [0.05, 0.1) is 15.7 Å². The van der Waals surface area contributed by atoms with Crippen LogP contribution in [-0.4, -0.2) is 19.6 Å². The predicted octanol–water partition coefficient (Wildman–Crippen LogP) is 3.41. The second-order valence-electron chi connectivity index (χ2n) is 3.87. The molecule has 0 amide bonds. The normalized spacial score (nSPS) is 11.1. The summed E-state index contributed by atoms with van der Waals surface area (Å²) in [5, 5.41) is 5.13. The Kier molecular flexibility index (Phi) is 2.69. The van der Waals surface area contributed by atoms with Gasteiger partial charge in [-0.25, -0.2) is 9.50 Å². The van der Waals surface area contributed by atoms with Crippen molar-refractivity contribution in [1.29, 1.82) is 0 Å². The highest BCUT2D eigenvalue weighted by molar-refractivity contribution is 6.42. The lowest BCUT2D eigenvalue weighted by Gasteiger charge is -2.06. The quantitative estimate of drug-likeness (QED) is 0.685. The minimum Gasteiger partial charge on any atom is -0.216 e. The molecule has 1 aromatic carbocycles. The largest absolute Gasteiger partial charge is 0.252 e. The number of fused-ring (bicyclic) bond motifs is 1. The Hall–Kier alpha value is -1.65. The van der Waals surface area contributed by atoms with Gasteiger partial charge >= 0.3 is 0 Å². The predicted molar refractivity (Wildman–Crippen MR) is 71.0 cm³/mol. The van der Waals surface area contributed by atoms with Crippen molar-refractivity contribution < 1.29 is 0 Å². The molecule has 0 atom stereocenters. The van der Waals surface area contributed by atoms with Gasteiger partial charge in [0, 0.05) is 11.8 Å². The van der Waals surface area contributed by atoms with Gasteiger partial charge in [-0.2, -0.15) is 10.1 Å². The van der Waals surface area contributed by atoms with Crippen molar-refractivity contribution in [1.82, 2.24) is 19.6 Å². The van der Waals surface area contributed by atoms with Crippen molar-refractivity contribution in [2.24, 2.45) is 0 Å². The van der Waals surface area contributed by atoms with Gasteiger partial charge in [-0.15, -0.1) is 0 Å². The Morgan fingerprint density at radius 3 is 2.78 bits per heavy atom. The monoisotopic (exact) mass is 278 g/mol. The minimum atomic E-state index is 0.521. The smallest absolute Gasteiger partial charge is 0.216 e. The summed E-state index contributed by atoms with van der Waals surface area (Å²) in [6.45, 7) is 1.92. The van der Waals surface area contributed by atoms with E-state index in [9.17, 15) is 0 Å². The molecule has 0 saturated carbocycles. The van der Waals surface area contributed by atoms with Crippen LogP contribution in [-0.2, 0) is 0 Å². The number of halogens is 2. The molecule has 18 heavy (non-hydrogen) atoms. The molecule has 0 aliphatic rings. The van der Waals surface area contributed by atoms with Crippen molar-refractivity contribution in [2.45, 2.75) is 6.92 Å². The molecule has 0 fully saturated rings. The Morgan fingerprint density at radius 2 is 2.00 bits per heavy atom. The molecule has 6 heteroatoms. The Labute approximate surface area is 113 Å². The fourth-order valence-corrected chi connectivity index (χ4v) is 2.09. The Morgan fingerprint density at radius 1 is 1.17 bits per heavy atom. The van der Waals surface area contributed by atoms with Gasteiger partial charge in [-0.1, -0.05) is 29.3 Å². The summed E-state index contributed by atoms with van der Waals surface area (Å²) < 4.78 is 1.63. The molecule has 2 heterocycles. The lowest BCUT2D eigenvalue weighted by molar-refractivity contribution is 0.931. The lowest BCUT2D eigenvalue weighted by atomic mass is 10.1. The maximum absolute atomic E-state index is 6.03. The topological polar surface area (TPSA) is 43.1 Å². The van der Waals surface area contributed by atoms with E-state index in [4.69, 9.17) is 23.2 Å². The summed E-state index contributed by atoms with van der Waals surface area (Å²) in [4.78, 5) is 8.42. The summed E-state index contributed by atoms with van der Waals surface area (Å²) in [5.41, 5.74) is 2.77. The van der Waals surface area contributed by atoms with Crippen LogP contribution in [0.1, 0.15) is 5.69 Å². The zero-order valence-electron chi connectivity index (χ0n) is 9.43. The molecule has 0 aliphatic carbocycles. The maximum Gasteiger partial charge on any atom is 0.252 e. The van der Waals surface area contributed by atoms with Crippen LogP contribution in [0, 0.1) is 6.92 Å². The molecule has 0 radical (unpaired) electrons. The molecule has 0 spiro atoms. The van der Waals surface area contributed by atoms with Crippen LogP contribution in [0.15, 0.2) is 30.7 Å². The van der Waals surface area contributed by atoms with Crippen molar-refractivity contribution in [3.8, 4) is 11.1 Å². The Balaban J connectivity index is 2.23. The third kappa shape index (κ3) is 1.83. The molecule has 3 rings (SSSR count). The van der Waals surface area contributed by atoms with Crippen molar-refractivity contribution in [3.05, 3.63) is 46.5 Å². The summed E-state index contributed by atoms with van der Waals surface area (Å²) in [6.07, 6.45) is 3.35. The molecule has 0 N–H and O–H groups in total. The highest BCUT2D eigenvalue weighted by atomic mass is 35.5. The molecule has 0 bridgehead atoms. The molecule has 90 valence electrons. The van der Waals surface area contributed by atoms with E-state index in [0.717, 1.165) is 16.8 Å². The number of hydrogen-bond donors (Lipinski definition) is 0. The van der Waals surface area contributed by atoms with E-state index >= 15 is 0 Å². The summed E-state index contributed by atoms with van der Waals surface area (Å²) in [7, 11) is 0. The average Bonchev–Trinajstić information content (AvgIpc) is 2.79. The summed E-state index contributed by atoms with van der Waals surface area (Å²) >= 11 is 11.9. The van der Waals surface area contributed by atoms with Gasteiger partial charge in [0.2, 0.25) is 0 Å². The zero-order chi connectivity index (χ0) is 12.7. The molecule has 0 aliphatic heterocycles. The maximum atomic E-state index is 6.03. The van der Waals surface area contributed by atoms with E-state index in [2.05, 4.69) is 15.1 Å². The number of aryl methyl sites for hydroxylation is 1. The van der Waals surface area contributed by atoms with Crippen LogP contribution in [0.4, 0.5) is 0 Å². The van der Waals surface area contributed by atoms with E-state index in [1.807, 2.05) is 25.3 Å². The average molecular weight is 279 g/mol. The second kappa shape index (κ2) is 4.23. The van der Waals surface area contributed by atoms with Crippen LogP contribution in [0.25, 0.3) is 16.9 Å². The van der Waals surface area contributed by atoms with Crippen LogP contribution < -0.4 is 0 Å². The summed E-state index contributed by atoms with van der Waals surface area (Å²) in [5.74, 6) is 0.580. The molecule has 0 saturated heterocycles. The van der Waals surface area contributed by atoms with Gasteiger partial charge in [-0.05, 0) is 24.6 Å². The molecule has 0 unspecified atom stereocenters. The first-order valence-electron chi connectivity index (χ1n) is 5.27. The Bertz CT molecular complexity index is 736. The number of hydrogen-bond acceptors (Lipinski definition) is 3. The van der Waals surface area contributed by atoms with E-state index < -0.39 is 0 Å². The van der Waals surface area contributed by atoms with Gasteiger partial charge in [0.15, 0.2) is 0 Å². The summed E-state index contributed by atoms with van der Waals surface area (Å²) in [6, 6.07) is 5.49. The first kappa shape index (κ1) is 11.4. The van der Waals surface area contributed by atoms with E-state index in [1.165, 1.54) is 6.33 Å². The standard InChI is InChI=1S/C12H8Cl2N4/c1-7-9(5-18-12(17-7)15-6-16-18)8-2-3-10(13)11(14)4-8/h2-6H,1H3. The van der Waals surface area contributed by atoms with E-state index in [1.54, 1.807) is 10.6 Å². The number of rotatable bonds is 1. The fraction of sp³-hybridized carbons (Fsp3) is 0.0833. The molecular formula is C12H8Cl2N4. The van der Waals surface area contributed by atoms with Crippen molar-refractivity contribution in [2.75, 3.05) is 0 Å². The highest BCUT2D eigenvalue weighted by Gasteiger charge is 2.08. The first-order valence-corrected chi connectivity index (χ1v) is 6.03. The van der Waals surface area contributed by atoms with Crippen LogP contribution in [0.5, 0.6) is 0 Å². The molecule has 4 nitrogen and oxygen atoms in total. The molecule has 2 aromatic heterocycles. The van der Waals surface area contributed by atoms with E-state index in [0.29, 0.717) is 15.8 Å². The van der Waals surface area contributed by atoms with Gasteiger partial charge in [-0.3, -0.25) is 0 Å². The van der Waals surface area contributed by atoms with Crippen molar-refractivity contribution in [3.63, 3.8) is 0 Å². The number of aromatic nitrogens is 4. The van der Waals surface area contributed by atoms with Crippen LogP contribution in [0.2, 0.25) is 10.0 Å². The molecule has 3 aromatic rings. The molecular weight excluding hydrogens is 271 g/mol. The SMILES string of the molecule is Cc1nc2ncnn2cc1-c1ccc(Cl)c(Cl)c1. The van der Waals surface area contributed by atoms with Gasteiger partial charge in [0.25, 0.3) is 5.78 Å². The van der Waals surface area contributed by atoms with Gasteiger partial charge < -0.3 is 0 Å². The van der Waals surface area contributed by atoms with Crippen molar-refractivity contribution >= 4 is 29.0 Å². The third-order valence-corrected chi connectivity index (χ3v) is 3.43. The third-order valence-electron chi connectivity index (χ3n) is 2.69. The fourth-order valence-electron chi connectivity index (χ4n) is 1.79. The lowest BCUT2D eigenvalue weighted by Crippen LogP contribution is -1.96. The second-order valence-corrected chi connectivity index (χ2v) is 4.69. The van der Waals surface area contributed by atoms with E-state index in [-0.39, 0.29) is 0 Å². The zero-order valence-corrected chi connectivity index (χ0v) is 10.9.